The molecule has 5 heteroatoms. The van der Waals surface area contributed by atoms with Crippen LogP contribution in [0.5, 0.6) is 0 Å². The lowest BCUT2D eigenvalue weighted by atomic mass is 9.91. The van der Waals surface area contributed by atoms with Crippen LogP contribution in [-0.4, -0.2) is 18.7 Å². The van der Waals surface area contributed by atoms with Crippen LogP contribution in [0.4, 0.5) is 10.1 Å². The maximum absolute atomic E-state index is 13.7. The molecule has 2 aliphatic rings. The van der Waals surface area contributed by atoms with E-state index in [9.17, 15) is 4.39 Å². The Morgan fingerprint density at radius 2 is 1.78 bits per heavy atom. The number of pyridine rings is 1. The third kappa shape index (κ3) is 2.86. The molecule has 0 aromatic heterocycles. The van der Waals surface area contributed by atoms with Crippen molar-refractivity contribution in [1.82, 2.24) is 4.57 Å². The first kappa shape index (κ1) is 17.6. The molecule has 2 aromatic carbocycles. The molecule has 0 spiro atoms. The molecule has 0 amide bonds. The standard InChI is InChI=1S/C22H19ClFN3/c1-26(2)15-6-8-17-21(12-15)27(3)20-11-14(25)5-7-16(20)22(17)13-4-9-19(24)18(23)10-13/h4-12,25H,1-3H3. The first-order valence-corrected chi connectivity index (χ1v) is 8.98. The summed E-state index contributed by atoms with van der Waals surface area (Å²) in [7, 11) is 6.01. The Morgan fingerprint density at radius 1 is 1.00 bits per heavy atom. The molecule has 1 aliphatic carbocycles. The number of nitrogens with one attached hydrogen (secondary N) is 1. The highest BCUT2D eigenvalue weighted by molar-refractivity contribution is 6.31. The van der Waals surface area contributed by atoms with Crippen LogP contribution < -0.4 is 10.3 Å². The molecule has 2 aromatic rings. The number of aromatic nitrogens is 1. The Morgan fingerprint density at radius 3 is 2.48 bits per heavy atom. The largest absolute Gasteiger partial charge is 0.378 e. The van der Waals surface area contributed by atoms with Gasteiger partial charge in [-0.2, -0.15) is 0 Å². The second kappa shape index (κ2) is 6.39. The minimum atomic E-state index is -0.432. The number of aryl methyl sites for hydroxylation is 1. The first-order valence-electron chi connectivity index (χ1n) is 8.60. The molecule has 0 saturated carbocycles. The molecule has 0 fully saturated rings. The minimum Gasteiger partial charge on any atom is -0.378 e. The highest BCUT2D eigenvalue weighted by Crippen LogP contribution is 2.41. The summed E-state index contributed by atoms with van der Waals surface area (Å²) in [6, 6.07) is 16.7. The van der Waals surface area contributed by atoms with E-state index in [4.69, 9.17) is 17.0 Å². The van der Waals surface area contributed by atoms with Crippen LogP contribution in [0, 0.1) is 11.2 Å². The molecule has 136 valence electrons. The molecule has 3 nitrogen and oxygen atoms in total. The van der Waals surface area contributed by atoms with Gasteiger partial charge in [0.05, 0.1) is 21.6 Å². The van der Waals surface area contributed by atoms with Gasteiger partial charge in [-0.25, -0.2) is 4.39 Å². The fourth-order valence-corrected chi connectivity index (χ4v) is 3.73. The van der Waals surface area contributed by atoms with Crippen molar-refractivity contribution in [2.45, 2.75) is 0 Å². The summed E-state index contributed by atoms with van der Waals surface area (Å²) in [6.45, 7) is 0. The van der Waals surface area contributed by atoms with Crippen molar-refractivity contribution >= 4 is 28.2 Å². The Kier molecular flexibility index (Phi) is 4.16. The number of anilines is 1. The number of rotatable bonds is 2. The van der Waals surface area contributed by atoms with Crippen molar-refractivity contribution in [2.24, 2.45) is 7.05 Å². The van der Waals surface area contributed by atoms with Gasteiger partial charge < -0.3 is 14.9 Å². The van der Waals surface area contributed by atoms with Gasteiger partial charge in [0, 0.05) is 43.3 Å². The second-order valence-electron chi connectivity index (χ2n) is 6.89. The van der Waals surface area contributed by atoms with Crippen molar-refractivity contribution in [3.8, 4) is 22.4 Å². The van der Waals surface area contributed by atoms with Crippen molar-refractivity contribution in [2.75, 3.05) is 19.0 Å². The van der Waals surface area contributed by atoms with Gasteiger partial charge in [0.25, 0.3) is 0 Å². The Balaban J connectivity index is 2.19. The van der Waals surface area contributed by atoms with Crippen molar-refractivity contribution in [1.29, 1.82) is 5.41 Å². The van der Waals surface area contributed by atoms with Crippen molar-refractivity contribution < 1.29 is 4.39 Å². The molecular weight excluding hydrogens is 361 g/mol. The number of hydrogen-bond donors (Lipinski definition) is 1. The van der Waals surface area contributed by atoms with E-state index in [1.54, 1.807) is 18.2 Å². The van der Waals surface area contributed by atoms with E-state index in [0.29, 0.717) is 5.36 Å². The van der Waals surface area contributed by atoms with Crippen LogP contribution in [-0.2, 0) is 7.05 Å². The third-order valence-electron chi connectivity index (χ3n) is 4.97. The van der Waals surface area contributed by atoms with E-state index < -0.39 is 5.82 Å². The zero-order chi connectivity index (χ0) is 19.3. The van der Waals surface area contributed by atoms with Gasteiger partial charge in [-0.3, -0.25) is 0 Å². The molecule has 1 aliphatic heterocycles. The molecule has 0 radical (unpaired) electrons. The molecule has 27 heavy (non-hydrogen) atoms. The number of halogens is 2. The summed E-state index contributed by atoms with van der Waals surface area (Å²) in [6.07, 6.45) is 0. The number of hydrogen-bond acceptors (Lipinski definition) is 2. The molecule has 4 rings (SSSR count). The average molecular weight is 380 g/mol. The van der Waals surface area contributed by atoms with Crippen LogP contribution in [0.2, 0.25) is 5.02 Å². The van der Waals surface area contributed by atoms with Gasteiger partial charge in [-0.1, -0.05) is 29.8 Å². The van der Waals surface area contributed by atoms with Crippen LogP contribution in [0.3, 0.4) is 0 Å². The van der Waals surface area contributed by atoms with Crippen LogP contribution in [0.25, 0.3) is 33.3 Å². The van der Waals surface area contributed by atoms with Crippen molar-refractivity contribution in [3.05, 3.63) is 70.8 Å². The van der Waals surface area contributed by atoms with Gasteiger partial charge in [0.2, 0.25) is 0 Å². The zero-order valence-electron chi connectivity index (χ0n) is 15.3. The molecule has 0 saturated heterocycles. The predicted octanol–water partition coefficient (Wildman–Crippen LogP) is 5.29. The quantitative estimate of drug-likeness (QED) is 0.471. The average Bonchev–Trinajstić information content (AvgIpc) is 2.65. The fraction of sp³-hybridized carbons (Fsp3) is 0.136. The van der Waals surface area contributed by atoms with E-state index in [2.05, 4.69) is 27.7 Å². The normalized spacial score (nSPS) is 11.3. The Bertz CT molecular complexity index is 1210. The lowest BCUT2D eigenvalue weighted by Gasteiger charge is -2.23. The lowest BCUT2D eigenvalue weighted by molar-refractivity contribution is 0.628. The second-order valence-corrected chi connectivity index (χ2v) is 7.30. The highest BCUT2D eigenvalue weighted by Gasteiger charge is 2.18. The van der Waals surface area contributed by atoms with Crippen LogP contribution in [0.15, 0.2) is 54.6 Å². The summed E-state index contributed by atoms with van der Waals surface area (Å²) >= 11 is 6.07. The summed E-state index contributed by atoms with van der Waals surface area (Å²) in [5.41, 5.74) is 5.91. The van der Waals surface area contributed by atoms with E-state index in [-0.39, 0.29) is 5.02 Å². The highest BCUT2D eigenvalue weighted by atomic mass is 35.5. The van der Waals surface area contributed by atoms with Crippen LogP contribution >= 0.6 is 11.6 Å². The summed E-state index contributed by atoms with van der Waals surface area (Å²) in [5, 5.41) is 9.64. The topological polar surface area (TPSA) is 32.0 Å². The molecule has 0 atom stereocenters. The molecular formula is C22H19ClFN3. The van der Waals surface area contributed by atoms with E-state index in [0.717, 1.165) is 39.0 Å². The molecule has 0 bridgehead atoms. The SMILES string of the molecule is CN(C)c1ccc2c(-c3ccc(F)c(Cl)c3)c3ccc(=N)cc-3n(C)c2c1. The van der Waals surface area contributed by atoms with Gasteiger partial charge in [-0.05, 0) is 42.0 Å². The van der Waals surface area contributed by atoms with E-state index in [1.807, 2.05) is 33.3 Å². The molecule has 1 heterocycles. The maximum atomic E-state index is 13.7. The molecule has 0 unspecified atom stereocenters. The Labute approximate surface area is 162 Å². The number of fused-ring (bicyclic) bond motifs is 2. The number of nitrogens with zero attached hydrogens (tertiary/aromatic N) is 2. The fourth-order valence-electron chi connectivity index (χ4n) is 3.55. The van der Waals surface area contributed by atoms with E-state index >= 15 is 0 Å². The lowest BCUT2D eigenvalue weighted by Crippen LogP contribution is -2.11. The first-order chi connectivity index (χ1) is 12.9. The Hall–Kier alpha value is -2.85. The van der Waals surface area contributed by atoms with Gasteiger partial charge in [0.1, 0.15) is 5.82 Å². The summed E-state index contributed by atoms with van der Waals surface area (Å²) in [5.74, 6) is -0.432. The minimum absolute atomic E-state index is 0.101. The summed E-state index contributed by atoms with van der Waals surface area (Å²) in [4.78, 5) is 2.05. The smallest absolute Gasteiger partial charge is 0.141 e. The predicted molar refractivity (Wildman–Crippen MR) is 110 cm³/mol. The molecule has 1 N–H and O–H groups in total. The van der Waals surface area contributed by atoms with Gasteiger partial charge >= 0.3 is 0 Å². The number of benzene rings is 3. The van der Waals surface area contributed by atoms with Gasteiger partial charge in [0.15, 0.2) is 0 Å². The zero-order valence-corrected chi connectivity index (χ0v) is 16.1. The maximum Gasteiger partial charge on any atom is 0.141 e. The van der Waals surface area contributed by atoms with Gasteiger partial charge in [-0.15, -0.1) is 0 Å². The van der Waals surface area contributed by atoms with E-state index in [1.165, 1.54) is 6.07 Å². The van der Waals surface area contributed by atoms with Crippen LogP contribution in [0.1, 0.15) is 0 Å². The summed E-state index contributed by atoms with van der Waals surface area (Å²) < 4.78 is 15.8. The van der Waals surface area contributed by atoms with Crippen molar-refractivity contribution in [3.63, 3.8) is 0 Å². The monoisotopic (exact) mass is 379 g/mol. The third-order valence-corrected chi connectivity index (χ3v) is 5.25.